The molecule has 4 heteroatoms. The van der Waals surface area contributed by atoms with Gasteiger partial charge in [-0.1, -0.05) is 6.92 Å². The molecule has 0 aromatic heterocycles. The molecule has 0 saturated heterocycles. The quantitative estimate of drug-likeness (QED) is 0.331. The summed E-state index contributed by atoms with van der Waals surface area (Å²) in [7, 11) is 0. The van der Waals surface area contributed by atoms with E-state index in [1.165, 1.54) is 5.48 Å². The summed E-state index contributed by atoms with van der Waals surface area (Å²) in [5, 5.41) is 16.4. The van der Waals surface area contributed by atoms with E-state index in [2.05, 4.69) is 0 Å². The first kappa shape index (κ1) is 7.39. The summed E-state index contributed by atoms with van der Waals surface area (Å²) >= 11 is 0. The molecule has 0 saturated carbocycles. The third kappa shape index (κ3) is 1.90. The van der Waals surface area contributed by atoms with Gasteiger partial charge in [-0.2, -0.15) is 0 Å². The van der Waals surface area contributed by atoms with Crippen molar-refractivity contribution in [3.05, 3.63) is 0 Å². The minimum atomic E-state index is -1.08. The summed E-state index contributed by atoms with van der Waals surface area (Å²) in [6.07, 6.45) is -0.771. The highest BCUT2D eigenvalue weighted by Crippen LogP contribution is 1.86. The van der Waals surface area contributed by atoms with Crippen LogP contribution in [0.3, 0.4) is 0 Å². The van der Waals surface area contributed by atoms with Gasteiger partial charge in [0.15, 0.2) is 0 Å². The zero-order valence-corrected chi connectivity index (χ0v) is 4.59. The minimum absolute atomic E-state index is 0.312. The Bertz CT molecular complexity index is 83.4. The number of nitrogens with one attached hydrogen (secondary N) is 1. The van der Waals surface area contributed by atoms with Crippen LogP contribution in [-0.2, 0) is 4.79 Å². The molecule has 1 unspecified atom stereocenters. The molecule has 0 rings (SSSR count). The highest BCUT2D eigenvalue weighted by Gasteiger charge is 2.09. The molecule has 8 heavy (non-hydrogen) atoms. The molecular weight excluding hydrogens is 110 g/mol. The maximum absolute atomic E-state index is 10.1. The van der Waals surface area contributed by atoms with Gasteiger partial charge in [-0.3, -0.25) is 10.0 Å². The molecule has 0 fully saturated rings. The van der Waals surface area contributed by atoms with Gasteiger partial charge in [-0.25, -0.2) is 5.48 Å². The third-order valence-corrected chi connectivity index (χ3v) is 0.800. The Morgan fingerprint density at radius 2 is 2.38 bits per heavy atom. The highest BCUT2D eigenvalue weighted by atomic mass is 16.5. The zero-order chi connectivity index (χ0) is 6.57. The monoisotopic (exact) mass is 119 g/mol. The van der Waals surface area contributed by atoms with E-state index in [0.717, 1.165) is 0 Å². The number of hydrogen-bond acceptors (Lipinski definition) is 3. The molecule has 0 aromatic carbocycles. The first-order chi connectivity index (χ1) is 3.72. The van der Waals surface area contributed by atoms with Gasteiger partial charge in [-0.15, -0.1) is 0 Å². The summed E-state index contributed by atoms with van der Waals surface area (Å²) in [6.45, 7) is 1.64. The molecule has 3 N–H and O–H groups in total. The smallest absolute Gasteiger partial charge is 0.272 e. The Morgan fingerprint density at radius 1 is 1.88 bits per heavy atom. The molecule has 0 aliphatic carbocycles. The molecule has 48 valence electrons. The van der Waals surface area contributed by atoms with Crippen molar-refractivity contribution >= 4 is 5.91 Å². The Balaban J connectivity index is 3.46. The largest absolute Gasteiger partial charge is 0.383 e. The van der Waals surface area contributed by atoms with E-state index in [0.29, 0.717) is 6.42 Å². The van der Waals surface area contributed by atoms with Crippen LogP contribution in [0.2, 0.25) is 0 Å². The van der Waals surface area contributed by atoms with Crippen molar-refractivity contribution in [1.82, 2.24) is 5.48 Å². The summed E-state index contributed by atoms with van der Waals surface area (Å²) in [5.74, 6) is -0.757. The molecule has 4 nitrogen and oxygen atoms in total. The first-order valence-corrected chi connectivity index (χ1v) is 2.34. The van der Waals surface area contributed by atoms with E-state index in [4.69, 9.17) is 10.3 Å². The number of aliphatic hydroxyl groups excluding tert-OH is 1. The number of hydrogen-bond donors (Lipinski definition) is 3. The van der Waals surface area contributed by atoms with E-state index >= 15 is 0 Å². The number of aliphatic hydroxyl groups is 1. The van der Waals surface area contributed by atoms with Crippen LogP contribution in [0.15, 0.2) is 0 Å². The molecule has 0 aliphatic heterocycles. The number of carbonyl (C=O) groups excluding carboxylic acids is 1. The Labute approximate surface area is 47.1 Å². The molecule has 0 heterocycles. The van der Waals surface area contributed by atoms with Gasteiger partial charge < -0.3 is 5.11 Å². The molecule has 0 aromatic rings. The van der Waals surface area contributed by atoms with Gasteiger partial charge >= 0.3 is 0 Å². The average molecular weight is 119 g/mol. The first-order valence-electron chi connectivity index (χ1n) is 2.34. The average Bonchev–Trinajstić information content (AvgIpc) is 1.84. The van der Waals surface area contributed by atoms with Crippen molar-refractivity contribution in [2.24, 2.45) is 0 Å². The topological polar surface area (TPSA) is 69.6 Å². The minimum Gasteiger partial charge on any atom is -0.383 e. The summed E-state index contributed by atoms with van der Waals surface area (Å²) < 4.78 is 0. The van der Waals surface area contributed by atoms with Gasteiger partial charge in [0.2, 0.25) is 0 Å². The van der Waals surface area contributed by atoms with E-state index in [-0.39, 0.29) is 0 Å². The Kier molecular flexibility index (Phi) is 3.14. The lowest BCUT2D eigenvalue weighted by Crippen LogP contribution is -2.31. The predicted molar refractivity (Wildman–Crippen MR) is 26.2 cm³/mol. The molecule has 0 aliphatic rings. The second-order valence-corrected chi connectivity index (χ2v) is 1.40. The van der Waals surface area contributed by atoms with E-state index in [9.17, 15) is 4.79 Å². The van der Waals surface area contributed by atoms with Crippen LogP contribution in [-0.4, -0.2) is 22.3 Å². The maximum Gasteiger partial charge on any atom is 0.272 e. The Hall–Kier alpha value is -0.610. The fourth-order valence-corrected chi connectivity index (χ4v) is 0.260. The predicted octanol–water partition coefficient (Wildman–Crippen LogP) is -0.737. The maximum atomic E-state index is 10.1. The van der Waals surface area contributed by atoms with Crippen molar-refractivity contribution < 1.29 is 15.1 Å². The number of carbonyl (C=O) groups is 1. The lowest BCUT2D eigenvalue weighted by Gasteiger charge is -2.01. The normalized spacial score (nSPS) is 12.9. The van der Waals surface area contributed by atoms with Gasteiger partial charge in [0.25, 0.3) is 5.91 Å². The van der Waals surface area contributed by atoms with Crippen LogP contribution < -0.4 is 5.48 Å². The van der Waals surface area contributed by atoms with Crippen LogP contribution in [0.1, 0.15) is 13.3 Å². The second-order valence-electron chi connectivity index (χ2n) is 1.40. The van der Waals surface area contributed by atoms with Crippen LogP contribution >= 0.6 is 0 Å². The molecule has 0 radical (unpaired) electrons. The number of hydroxylamine groups is 1. The highest BCUT2D eigenvalue weighted by molar-refractivity contribution is 5.79. The van der Waals surface area contributed by atoms with Crippen molar-refractivity contribution in [2.45, 2.75) is 19.4 Å². The van der Waals surface area contributed by atoms with Crippen LogP contribution in [0, 0.1) is 0 Å². The van der Waals surface area contributed by atoms with Crippen LogP contribution in [0.5, 0.6) is 0 Å². The molecule has 0 bridgehead atoms. The van der Waals surface area contributed by atoms with E-state index < -0.39 is 12.0 Å². The SMILES string of the molecule is CCC(O)C(=O)NO. The van der Waals surface area contributed by atoms with Gasteiger partial charge in [-0.05, 0) is 6.42 Å². The summed E-state index contributed by atoms with van der Waals surface area (Å²) in [5.41, 5.74) is 1.33. The zero-order valence-electron chi connectivity index (χ0n) is 4.59. The molecular formula is C4H9NO3. The van der Waals surface area contributed by atoms with Crippen molar-refractivity contribution in [3.63, 3.8) is 0 Å². The van der Waals surface area contributed by atoms with Crippen molar-refractivity contribution in [3.8, 4) is 0 Å². The second kappa shape index (κ2) is 3.40. The van der Waals surface area contributed by atoms with E-state index in [1.807, 2.05) is 0 Å². The van der Waals surface area contributed by atoms with Gasteiger partial charge in [0.1, 0.15) is 6.10 Å². The van der Waals surface area contributed by atoms with Crippen molar-refractivity contribution in [1.29, 1.82) is 0 Å². The lowest BCUT2D eigenvalue weighted by molar-refractivity contribution is -0.137. The standard InChI is InChI=1S/C4H9NO3/c1-2-3(6)4(7)5-8/h3,6,8H,2H2,1H3,(H,5,7). The van der Waals surface area contributed by atoms with Crippen LogP contribution in [0.4, 0.5) is 0 Å². The Morgan fingerprint density at radius 3 is 2.50 bits per heavy atom. The molecule has 0 spiro atoms. The van der Waals surface area contributed by atoms with Crippen LogP contribution in [0.25, 0.3) is 0 Å². The van der Waals surface area contributed by atoms with E-state index in [1.54, 1.807) is 6.92 Å². The summed E-state index contributed by atoms with van der Waals surface area (Å²) in [6, 6.07) is 0. The van der Waals surface area contributed by atoms with Gasteiger partial charge in [0, 0.05) is 0 Å². The third-order valence-electron chi connectivity index (χ3n) is 0.800. The number of rotatable bonds is 2. The number of amides is 1. The molecule has 1 amide bonds. The lowest BCUT2D eigenvalue weighted by atomic mass is 10.3. The fourth-order valence-electron chi connectivity index (χ4n) is 0.260. The molecule has 1 atom stereocenters. The van der Waals surface area contributed by atoms with Crippen molar-refractivity contribution in [2.75, 3.05) is 0 Å². The fraction of sp³-hybridized carbons (Fsp3) is 0.750. The van der Waals surface area contributed by atoms with Gasteiger partial charge in [0.05, 0.1) is 0 Å². The summed E-state index contributed by atoms with van der Waals surface area (Å²) in [4.78, 5) is 10.1.